The number of amides is 1. The highest BCUT2D eigenvalue weighted by atomic mass is 19.1. The summed E-state index contributed by atoms with van der Waals surface area (Å²) in [6, 6.07) is 12.6. The minimum Gasteiger partial charge on any atom is -0.441 e. The molecule has 0 spiro atoms. The van der Waals surface area contributed by atoms with Crippen molar-refractivity contribution in [2.75, 3.05) is 5.32 Å². The molecule has 2 aromatic carbocycles. The third-order valence-corrected chi connectivity index (χ3v) is 5.15. The summed E-state index contributed by atoms with van der Waals surface area (Å²) in [6.45, 7) is 1.74. The molecule has 1 amide bonds. The van der Waals surface area contributed by atoms with Gasteiger partial charge in [0.1, 0.15) is 17.3 Å². The first kappa shape index (κ1) is 21.2. The number of hydrogen-bond donors (Lipinski definition) is 1. The van der Waals surface area contributed by atoms with Crippen LogP contribution in [-0.2, 0) is 18.3 Å². The second-order valence-electron chi connectivity index (χ2n) is 7.20. The Balaban J connectivity index is 1.47. The molecule has 4 rings (SSSR count). The zero-order valence-corrected chi connectivity index (χ0v) is 17.4. The van der Waals surface area contributed by atoms with Crippen molar-refractivity contribution in [2.45, 2.75) is 19.8 Å². The molecule has 164 valence electrons. The lowest BCUT2D eigenvalue weighted by molar-refractivity contribution is -0.116. The van der Waals surface area contributed by atoms with Crippen LogP contribution in [-0.4, -0.2) is 20.3 Å². The Morgan fingerprint density at radius 1 is 1.09 bits per heavy atom. The van der Waals surface area contributed by atoms with Gasteiger partial charge in [-0.2, -0.15) is 0 Å². The third kappa shape index (κ3) is 3.96. The highest BCUT2D eigenvalue weighted by Gasteiger charge is 2.19. The maximum Gasteiger partial charge on any atom is 0.295 e. The quantitative estimate of drug-likeness (QED) is 0.494. The average molecular weight is 438 g/mol. The summed E-state index contributed by atoms with van der Waals surface area (Å²) in [5.74, 6) is -1.84. The zero-order chi connectivity index (χ0) is 22.8. The van der Waals surface area contributed by atoms with E-state index in [4.69, 9.17) is 4.42 Å². The van der Waals surface area contributed by atoms with Crippen LogP contribution in [0.15, 0.2) is 63.9 Å². The molecule has 0 radical (unpaired) electrons. The number of nitrogens with one attached hydrogen (secondary N) is 1. The van der Waals surface area contributed by atoms with E-state index in [2.05, 4.69) is 10.3 Å². The fraction of sp³-hybridized carbons (Fsp3) is 0.174. The van der Waals surface area contributed by atoms with E-state index in [1.54, 1.807) is 30.8 Å². The predicted octanol–water partition coefficient (Wildman–Crippen LogP) is 3.99. The summed E-state index contributed by atoms with van der Waals surface area (Å²) in [6.07, 6.45) is 1.29. The van der Waals surface area contributed by atoms with Gasteiger partial charge in [-0.25, -0.2) is 18.4 Å². The van der Waals surface area contributed by atoms with Crippen LogP contribution in [0.3, 0.4) is 0 Å². The number of rotatable bonds is 6. The Kier molecular flexibility index (Phi) is 5.72. The molecular formula is C23H20F2N4O3. The lowest BCUT2D eigenvalue weighted by Crippen LogP contribution is -2.23. The molecule has 4 aromatic rings. The molecule has 0 atom stereocenters. The van der Waals surface area contributed by atoms with Crippen LogP contribution in [0.2, 0.25) is 0 Å². The van der Waals surface area contributed by atoms with Gasteiger partial charge < -0.3 is 9.73 Å². The lowest BCUT2D eigenvalue weighted by atomic mass is 10.1. The van der Waals surface area contributed by atoms with Crippen LogP contribution < -0.4 is 10.9 Å². The molecule has 9 heteroatoms. The normalized spacial score (nSPS) is 11.0. The van der Waals surface area contributed by atoms with E-state index in [0.717, 1.165) is 12.1 Å². The van der Waals surface area contributed by atoms with Crippen molar-refractivity contribution in [3.05, 3.63) is 88.3 Å². The number of carbonyl (C=O) groups is 1. The standard InChI is InChI=1S/C23H20F2N4O3/c1-14-22(23(31)29(28(14)2)15-7-4-3-5-8-15)27-19(30)11-12-20-26-13-18(32-20)21-16(24)9-6-10-17(21)25/h3-10,13H,11-12H2,1-2H3,(H,27,30). The highest BCUT2D eigenvalue weighted by molar-refractivity contribution is 5.91. The molecule has 2 heterocycles. The molecule has 2 aromatic heterocycles. The topological polar surface area (TPSA) is 82.1 Å². The summed E-state index contributed by atoms with van der Waals surface area (Å²) in [5, 5.41) is 2.65. The first-order chi connectivity index (χ1) is 15.4. The van der Waals surface area contributed by atoms with Crippen LogP contribution in [0.5, 0.6) is 0 Å². The van der Waals surface area contributed by atoms with E-state index in [1.807, 2.05) is 18.2 Å². The van der Waals surface area contributed by atoms with Crippen LogP contribution >= 0.6 is 0 Å². The van der Waals surface area contributed by atoms with E-state index in [1.165, 1.54) is 16.9 Å². The number of benzene rings is 2. The number of para-hydroxylation sites is 1. The van der Waals surface area contributed by atoms with Crippen molar-refractivity contribution in [3.63, 3.8) is 0 Å². The van der Waals surface area contributed by atoms with Gasteiger partial charge >= 0.3 is 0 Å². The second-order valence-corrected chi connectivity index (χ2v) is 7.20. The van der Waals surface area contributed by atoms with Crippen molar-refractivity contribution in [1.29, 1.82) is 0 Å². The lowest BCUT2D eigenvalue weighted by Gasteiger charge is -2.07. The molecule has 7 nitrogen and oxygen atoms in total. The third-order valence-electron chi connectivity index (χ3n) is 5.15. The molecule has 1 N–H and O–H groups in total. The maximum atomic E-state index is 13.9. The molecule has 0 aliphatic rings. The van der Waals surface area contributed by atoms with Crippen molar-refractivity contribution >= 4 is 11.6 Å². The summed E-state index contributed by atoms with van der Waals surface area (Å²) in [4.78, 5) is 29.3. The van der Waals surface area contributed by atoms with E-state index in [-0.39, 0.29) is 41.3 Å². The number of anilines is 1. The second kappa shape index (κ2) is 8.62. The Morgan fingerprint density at radius 3 is 2.47 bits per heavy atom. The zero-order valence-electron chi connectivity index (χ0n) is 17.4. The fourth-order valence-electron chi connectivity index (χ4n) is 3.41. The summed E-state index contributed by atoms with van der Waals surface area (Å²) < 4.78 is 36.4. The number of hydrogen-bond acceptors (Lipinski definition) is 4. The number of halogens is 2. The molecule has 0 aliphatic heterocycles. The average Bonchev–Trinajstić information content (AvgIpc) is 3.32. The van der Waals surface area contributed by atoms with E-state index in [9.17, 15) is 18.4 Å². The monoisotopic (exact) mass is 438 g/mol. The Bertz CT molecular complexity index is 1320. The van der Waals surface area contributed by atoms with E-state index >= 15 is 0 Å². The molecule has 0 saturated carbocycles. The molecule has 32 heavy (non-hydrogen) atoms. The molecule has 0 bridgehead atoms. The van der Waals surface area contributed by atoms with Crippen LogP contribution in [0.25, 0.3) is 17.0 Å². The first-order valence-electron chi connectivity index (χ1n) is 9.89. The van der Waals surface area contributed by atoms with Gasteiger partial charge in [0.25, 0.3) is 5.56 Å². The number of carbonyl (C=O) groups excluding carboxylic acids is 1. The van der Waals surface area contributed by atoms with Crippen molar-refractivity contribution in [1.82, 2.24) is 14.3 Å². The Labute approximate surface area is 181 Å². The number of nitrogens with zero attached hydrogens (tertiary/aromatic N) is 3. The van der Waals surface area contributed by atoms with Crippen molar-refractivity contribution in [2.24, 2.45) is 7.05 Å². The molecular weight excluding hydrogens is 418 g/mol. The van der Waals surface area contributed by atoms with Gasteiger partial charge in [0.05, 0.1) is 23.1 Å². The molecule has 0 saturated heterocycles. The first-order valence-corrected chi connectivity index (χ1v) is 9.89. The highest BCUT2D eigenvalue weighted by Crippen LogP contribution is 2.26. The van der Waals surface area contributed by atoms with E-state index in [0.29, 0.717) is 11.4 Å². The number of aromatic nitrogens is 3. The maximum absolute atomic E-state index is 13.9. The summed E-state index contributed by atoms with van der Waals surface area (Å²) in [5.41, 5.74) is 0.801. The SMILES string of the molecule is Cc1c(NC(=O)CCc2ncc(-c3c(F)cccc3F)o2)c(=O)n(-c2ccccc2)n1C. The predicted molar refractivity (Wildman–Crippen MR) is 115 cm³/mol. The van der Waals surface area contributed by atoms with Gasteiger partial charge in [-0.15, -0.1) is 0 Å². The molecule has 0 unspecified atom stereocenters. The smallest absolute Gasteiger partial charge is 0.295 e. The van der Waals surface area contributed by atoms with Gasteiger partial charge in [-0.1, -0.05) is 24.3 Å². The minimum atomic E-state index is -0.764. The van der Waals surface area contributed by atoms with Crippen LogP contribution in [0, 0.1) is 18.6 Å². The number of aryl methyl sites for hydroxylation is 1. The largest absolute Gasteiger partial charge is 0.441 e. The Morgan fingerprint density at radius 2 is 1.78 bits per heavy atom. The van der Waals surface area contributed by atoms with Crippen molar-refractivity contribution in [3.8, 4) is 17.0 Å². The van der Waals surface area contributed by atoms with Gasteiger partial charge in [0.2, 0.25) is 5.91 Å². The van der Waals surface area contributed by atoms with Gasteiger partial charge in [-0.05, 0) is 31.2 Å². The summed E-state index contributed by atoms with van der Waals surface area (Å²) in [7, 11) is 1.73. The van der Waals surface area contributed by atoms with Gasteiger partial charge in [0, 0.05) is 19.9 Å². The molecule has 0 fully saturated rings. The number of oxazole rings is 1. The Hall–Kier alpha value is -4.01. The summed E-state index contributed by atoms with van der Waals surface area (Å²) >= 11 is 0. The van der Waals surface area contributed by atoms with Crippen LogP contribution in [0.1, 0.15) is 18.0 Å². The molecule has 0 aliphatic carbocycles. The minimum absolute atomic E-state index is 0.0289. The fourth-order valence-corrected chi connectivity index (χ4v) is 3.41. The van der Waals surface area contributed by atoms with Gasteiger partial charge in [-0.3, -0.25) is 14.3 Å². The van der Waals surface area contributed by atoms with Gasteiger partial charge in [0.15, 0.2) is 11.7 Å². The van der Waals surface area contributed by atoms with Crippen molar-refractivity contribution < 1.29 is 18.0 Å². The van der Waals surface area contributed by atoms with E-state index < -0.39 is 17.5 Å². The van der Waals surface area contributed by atoms with Crippen LogP contribution in [0.4, 0.5) is 14.5 Å².